The summed E-state index contributed by atoms with van der Waals surface area (Å²) in [6, 6.07) is 0. The highest BCUT2D eigenvalue weighted by Gasteiger charge is 2.45. The number of hydrogen-bond acceptors (Lipinski definition) is 1. The Bertz CT molecular complexity index is 368. The Morgan fingerprint density at radius 1 is 1.31 bits per heavy atom. The van der Waals surface area contributed by atoms with E-state index < -0.39 is 0 Å². The quantitative estimate of drug-likeness (QED) is 0.652. The zero-order chi connectivity index (χ0) is 9.47. The van der Waals surface area contributed by atoms with Gasteiger partial charge in [0.15, 0.2) is 0 Å². The van der Waals surface area contributed by atoms with Gasteiger partial charge in [0.1, 0.15) is 0 Å². The fourth-order valence-electron chi connectivity index (χ4n) is 1.46. The number of pyridine rings is 1. The normalized spacial score (nSPS) is 17.9. The lowest BCUT2D eigenvalue weighted by molar-refractivity contribution is 0.925. The second-order valence-electron chi connectivity index (χ2n) is 3.20. The predicted molar refractivity (Wildman–Crippen MR) is 54.0 cm³/mol. The third-order valence-corrected chi connectivity index (χ3v) is 2.93. The molecule has 1 aromatic heterocycles. The molecule has 0 aliphatic heterocycles. The van der Waals surface area contributed by atoms with Crippen LogP contribution >= 0.6 is 23.2 Å². The molecule has 1 heterocycles. The summed E-state index contributed by atoms with van der Waals surface area (Å²) in [4.78, 5) is 3.89. The largest absolute Gasteiger partial charge is 0.262 e. The molecule has 13 heavy (non-hydrogen) atoms. The highest BCUT2D eigenvalue weighted by atomic mass is 35.5. The van der Waals surface area contributed by atoms with Crippen LogP contribution in [0.5, 0.6) is 0 Å². The van der Waals surface area contributed by atoms with Gasteiger partial charge < -0.3 is 0 Å². The molecule has 0 N–H and O–H groups in total. The van der Waals surface area contributed by atoms with E-state index in [2.05, 4.69) is 10.9 Å². The highest BCUT2D eigenvalue weighted by molar-refractivity contribution is 6.36. The van der Waals surface area contributed by atoms with Crippen molar-refractivity contribution in [2.45, 2.75) is 18.3 Å². The molecular weight excluding hydrogens is 205 g/mol. The first-order valence-corrected chi connectivity index (χ1v) is 4.72. The van der Waals surface area contributed by atoms with E-state index in [-0.39, 0.29) is 5.41 Å². The van der Waals surface area contributed by atoms with E-state index in [0.717, 1.165) is 18.4 Å². The van der Waals surface area contributed by atoms with E-state index in [4.69, 9.17) is 29.6 Å². The molecule has 2 rings (SSSR count). The predicted octanol–water partition coefficient (Wildman–Crippen LogP) is 3.05. The van der Waals surface area contributed by atoms with Gasteiger partial charge in [0.25, 0.3) is 0 Å². The van der Waals surface area contributed by atoms with Gasteiger partial charge in [0, 0.05) is 18.0 Å². The second-order valence-corrected chi connectivity index (χ2v) is 4.02. The Hall–Kier alpha value is -0.710. The van der Waals surface area contributed by atoms with Gasteiger partial charge in [-0.1, -0.05) is 29.1 Å². The van der Waals surface area contributed by atoms with E-state index in [1.807, 2.05) is 0 Å². The average molecular weight is 212 g/mol. The van der Waals surface area contributed by atoms with Crippen molar-refractivity contribution >= 4 is 23.2 Å². The van der Waals surface area contributed by atoms with Crippen molar-refractivity contribution in [2.75, 3.05) is 0 Å². The minimum atomic E-state index is -0.211. The summed E-state index contributed by atoms with van der Waals surface area (Å²) in [5, 5.41) is 1.14. The Morgan fingerprint density at radius 2 is 1.85 bits per heavy atom. The molecule has 1 aromatic rings. The van der Waals surface area contributed by atoms with Crippen LogP contribution in [-0.4, -0.2) is 4.98 Å². The molecule has 0 radical (unpaired) electrons. The van der Waals surface area contributed by atoms with Crippen LogP contribution in [0.1, 0.15) is 18.4 Å². The van der Waals surface area contributed by atoms with Crippen LogP contribution in [0.2, 0.25) is 10.0 Å². The van der Waals surface area contributed by atoms with Gasteiger partial charge in [-0.15, -0.1) is 6.42 Å². The third-order valence-electron chi connectivity index (χ3n) is 2.36. The Kier molecular flexibility index (Phi) is 1.98. The summed E-state index contributed by atoms with van der Waals surface area (Å²) in [5.74, 6) is 2.75. The third kappa shape index (κ3) is 1.31. The van der Waals surface area contributed by atoms with Crippen LogP contribution in [-0.2, 0) is 5.41 Å². The molecule has 0 amide bonds. The first-order valence-electron chi connectivity index (χ1n) is 3.97. The fraction of sp³-hybridized carbons (Fsp3) is 0.300. The van der Waals surface area contributed by atoms with Crippen LogP contribution in [0.15, 0.2) is 12.4 Å². The van der Waals surface area contributed by atoms with Gasteiger partial charge >= 0.3 is 0 Å². The molecule has 1 saturated carbocycles. The monoisotopic (exact) mass is 211 g/mol. The molecule has 1 aliphatic rings. The Labute approximate surface area is 87.1 Å². The summed E-state index contributed by atoms with van der Waals surface area (Å²) in [6.07, 6.45) is 10.5. The molecule has 66 valence electrons. The van der Waals surface area contributed by atoms with E-state index in [9.17, 15) is 0 Å². The molecule has 1 fully saturated rings. The standard InChI is InChI=1S/C10H7Cl2N/c1-2-10(3-4-10)9-7(11)5-13-6-8(9)12/h1,5-6H,3-4H2. The maximum absolute atomic E-state index is 5.99. The van der Waals surface area contributed by atoms with Crippen LogP contribution in [0.3, 0.4) is 0 Å². The summed E-state index contributed by atoms with van der Waals surface area (Å²) in [6.45, 7) is 0. The van der Waals surface area contributed by atoms with Crippen molar-refractivity contribution < 1.29 is 0 Å². The van der Waals surface area contributed by atoms with Gasteiger partial charge in [-0.2, -0.15) is 0 Å². The number of rotatable bonds is 1. The molecule has 0 spiro atoms. The lowest BCUT2D eigenvalue weighted by atomic mass is 9.98. The molecule has 3 heteroatoms. The van der Waals surface area contributed by atoms with Crippen molar-refractivity contribution in [1.29, 1.82) is 0 Å². The summed E-state index contributed by atoms with van der Waals surface area (Å²) < 4.78 is 0. The molecule has 0 unspecified atom stereocenters. The van der Waals surface area contributed by atoms with Crippen LogP contribution < -0.4 is 0 Å². The SMILES string of the molecule is C#CC1(c2c(Cl)cncc2Cl)CC1. The number of halogens is 2. The molecule has 0 atom stereocenters. The number of nitrogens with zero attached hydrogens (tertiary/aromatic N) is 1. The average Bonchev–Trinajstić information content (AvgIpc) is 2.85. The molecule has 0 aromatic carbocycles. The maximum atomic E-state index is 5.99. The number of aromatic nitrogens is 1. The van der Waals surface area contributed by atoms with E-state index in [1.54, 1.807) is 12.4 Å². The van der Waals surface area contributed by atoms with E-state index in [1.165, 1.54) is 0 Å². The zero-order valence-electron chi connectivity index (χ0n) is 6.85. The summed E-state index contributed by atoms with van der Waals surface area (Å²) in [7, 11) is 0. The van der Waals surface area contributed by atoms with E-state index in [0.29, 0.717) is 10.0 Å². The number of terminal acetylenes is 1. The summed E-state index contributed by atoms with van der Waals surface area (Å²) in [5.41, 5.74) is 0.658. The fourth-order valence-corrected chi connectivity index (χ4v) is 2.19. The Morgan fingerprint density at radius 3 is 2.23 bits per heavy atom. The van der Waals surface area contributed by atoms with E-state index >= 15 is 0 Å². The topological polar surface area (TPSA) is 12.9 Å². The highest BCUT2D eigenvalue weighted by Crippen LogP contribution is 2.51. The summed E-state index contributed by atoms with van der Waals surface area (Å²) >= 11 is 12.0. The molecule has 0 bridgehead atoms. The van der Waals surface area contributed by atoms with Crippen LogP contribution in [0.25, 0.3) is 0 Å². The van der Waals surface area contributed by atoms with Crippen molar-refractivity contribution in [3.05, 3.63) is 28.0 Å². The van der Waals surface area contributed by atoms with Crippen molar-refractivity contribution in [3.63, 3.8) is 0 Å². The Balaban J connectivity index is 2.58. The van der Waals surface area contributed by atoms with Gasteiger partial charge in [0.05, 0.1) is 15.5 Å². The van der Waals surface area contributed by atoms with Gasteiger partial charge in [-0.05, 0) is 12.8 Å². The first-order chi connectivity index (χ1) is 6.19. The molecular formula is C10H7Cl2N. The van der Waals surface area contributed by atoms with Crippen LogP contribution in [0, 0.1) is 12.3 Å². The minimum Gasteiger partial charge on any atom is -0.262 e. The van der Waals surface area contributed by atoms with Crippen molar-refractivity contribution in [3.8, 4) is 12.3 Å². The van der Waals surface area contributed by atoms with Gasteiger partial charge in [-0.25, -0.2) is 0 Å². The van der Waals surface area contributed by atoms with Crippen molar-refractivity contribution in [1.82, 2.24) is 4.98 Å². The van der Waals surface area contributed by atoms with Crippen molar-refractivity contribution in [2.24, 2.45) is 0 Å². The molecule has 0 saturated heterocycles. The van der Waals surface area contributed by atoms with Gasteiger partial charge in [0.2, 0.25) is 0 Å². The smallest absolute Gasteiger partial charge is 0.0651 e. The second kappa shape index (κ2) is 2.90. The lowest BCUT2D eigenvalue weighted by Gasteiger charge is -2.11. The molecule has 1 aliphatic carbocycles. The van der Waals surface area contributed by atoms with Gasteiger partial charge in [-0.3, -0.25) is 4.98 Å². The maximum Gasteiger partial charge on any atom is 0.0651 e. The van der Waals surface area contributed by atoms with Crippen LogP contribution in [0.4, 0.5) is 0 Å². The first kappa shape index (κ1) is 8.87. The molecule has 1 nitrogen and oxygen atoms in total. The lowest BCUT2D eigenvalue weighted by Crippen LogP contribution is -2.04. The number of hydrogen-bond donors (Lipinski definition) is 0. The zero-order valence-corrected chi connectivity index (χ0v) is 8.36. The minimum absolute atomic E-state index is 0.211.